The van der Waals surface area contributed by atoms with Crippen molar-refractivity contribution in [2.75, 3.05) is 18.8 Å². The Balaban J connectivity index is 1.66. The van der Waals surface area contributed by atoms with Crippen LogP contribution in [-0.4, -0.2) is 24.0 Å². The molecule has 0 aliphatic heterocycles. The van der Waals surface area contributed by atoms with Crippen LogP contribution in [0.1, 0.15) is 36.5 Å². The summed E-state index contributed by atoms with van der Waals surface area (Å²) in [5, 5.41) is 0. The maximum Gasteiger partial charge on any atom is 0.0349 e. The highest BCUT2D eigenvalue weighted by atomic mass is 15.1. The molecule has 1 unspecified atom stereocenters. The maximum atomic E-state index is 6.14. The number of nitrogen functional groups attached to an aromatic ring is 1. The molecular formula is C22H28N2. The minimum absolute atomic E-state index is 0.625. The van der Waals surface area contributed by atoms with Gasteiger partial charge in [-0.2, -0.15) is 0 Å². The predicted molar refractivity (Wildman–Crippen MR) is 104 cm³/mol. The zero-order chi connectivity index (χ0) is 16.8. The van der Waals surface area contributed by atoms with Crippen LogP contribution in [0.4, 0.5) is 5.69 Å². The number of nitrogens with zero attached hydrogens (tertiary/aromatic N) is 1. The molecule has 0 bridgehead atoms. The molecule has 0 fully saturated rings. The standard InChI is InChI=1S/C22H28N2/c1-2-15-24(16-7-10-18-8-4-3-5-9-18)20-13-14-21-19(17-20)11-6-12-22(21)23/h3-12,20H,2,13-17,23H2,1H3/b10-7+. The maximum absolute atomic E-state index is 6.14. The molecule has 0 saturated heterocycles. The van der Waals surface area contributed by atoms with Gasteiger partial charge < -0.3 is 5.73 Å². The first kappa shape index (κ1) is 16.8. The lowest BCUT2D eigenvalue weighted by molar-refractivity contribution is 0.199. The summed E-state index contributed by atoms with van der Waals surface area (Å²) in [6.07, 6.45) is 9.17. The molecule has 2 aromatic rings. The molecule has 2 aromatic carbocycles. The summed E-state index contributed by atoms with van der Waals surface area (Å²) in [4.78, 5) is 2.63. The highest BCUT2D eigenvalue weighted by molar-refractivity contribution is 5.52. The van der Waals surface area contributed by atoms with Crippen LogP contribution in [0, 0.1) is 0 Å². The van der Waals surface area contributed by atoms with Crippen LogP contribution < -0.4 is 5.73 Å². The van der Waals surface area contributed by atoms with E-state index in [1.54, 1.807) is 0 Å². The van der Waals surface area contributed by atoms with Crippen LogP contribution >= 0.6 is 0 Å². The van der Waals surface area contributed by atoms with Gasteiger partial charge in [0.1, 0.15) is 0 Å². The van der Waals surface area contributed by atoms with Gasteiger partial charge in [0.2, 0.25) is 0 Å². The summed E-state index contributed by atoms with van der Waals surface area (Å²) in [6, 6.07) is 17.5. The van der Waals surface area contributed by atoms with Crippen molar-refractivity contribution in [3.8, 4) is 0 Å². The van der Waals surface area contributed by atoms with Gasteiger partial charge in [-0.1, -0.05) is 61.5 Å². The Hall–Kier alpha value is -2.06. The van der Waals surface area contributed by atoms with E-state index in [0.29, 0.717) is 6.04 Å². The zero-order valence-corrected chi connectivity index (χ0v) is 14.6. The smallest absolute Gasteiger partial charge is 0.0349 e. The van der Waals surface area contributed by atoms with E-state index in [9.17, 15) is 0 Å². The van der Waals surface area contributed by atoms with Gasteiger partial charge in [0.05, 0.1) is 0 Å². The number of benzene rings is 2. The number of hydrogen-bond acceptors (Lipinski definition) is 2. The molecule has 1 aliphatic rings. The fraction of sp³-hybridized carbons (Fsp3) is 0.364. The molecule has 126 valence electrons. The average molecular weight is 320 g/mol. The SMILES string of the molecule is CCCN(C/C=C/c1ccccc1)C1CCc2c(N)cccc2C1. The number of hydrogen-bond donors (Lipinski definition) is 1. The van der Waals surface area contributed by atoms with Crippen molar-refractivity contribution in [2.45, 2.75) is 38.6 Å². The monoisotopic (exact) mass is 320 g/mol. The topological polar surface area (TPSA) is 29.3 Å². The fourth-order valence-electron chi connectivity index (χ4n) is 3.73. The molecule has 2 nitrogen and oxygen atoms in total. The van der Waals surface area contributed by atoms with Crippen LogP contribution in [0.3, 0.4) is 0 Å². The van der Waals surface area contributed by atoms with Crippen molar-refractivity contribution in [3.63, 3.8) is 0 Å². The van der Waals surface area contributed by atoms with E-state index in [4.69, 9.17) is 5.73 Å². The van der Waals surface area contributed by atoms with Crippen LogP contribution in [0.5, 0.6) is 0 Å². The predicted octanol–water partition coefficient (Wildman–Crippen LogP) is 4.55. The Morgan fingerprint density at radius 2 is 1.96 bits per heavy atom. The second-order valence-corrected chi connectivity index (χ2v) is 6.69. The third kappa shape index (κ3) is 4.07. The number of fused-ring (bicyclic) bond motifs is 1. The minimum atomic E-state index is 0.625. The fourth-order valence-corrected chi connectivity index (χ4v) is 3.73. The second-order valence-electron chi connectivity index (χ2n) is 6.69. The molecule has 2 N–H and O–H groups in total. The van der Waals surface area contributed by atoms with E-state index in [0.717, 1.165) is 31.6 Å². The van der Waals surface area contributed by atoms with Gasteiger partial charge in [-0.15, -0.1) is 0 Å². The highest BCUT2D eigenvalue weighted by Crippen LogP contribution is 2.28. The molecule has 0 radical (unpaired) electrons. The lowest BCUT2D eigenvalue weighted by Gasteiger charge is -2.35. The van der Waals surface area contributed by atoms with E-state index in [1.807, 2.05) is 6.07 Å². The third-order valence-electron chi connectivity index (χ3n) is 4.97. The van der Waals surface area contributed by atoms with Crippen molar-refractivity contribution in [2.24, 2.45) is 0 Å². The van der Waals surface area contributed by atoms with Gasteiger partial charge in [-0.3, -0.25) is 4.90 Å². The quantitative estimate of drug-likeness (QED) is 0.791. The highest BCUT2D eigenvalue weighted by Gasteiger charge is 2.24. The van der Waals surface area contributed by atoms with Crippen LogP contribution in [0.15, 0.2) is 54.6 Å². The van der Waals surface area contributed by atoms with E-state index in [-0.39, 0.29) is 0 Å². The van der Waals surface area contributed by atoms with Crippen LogP contribution in [0.25, 0.3) is 6.08 Å². The summed E-state index contributed by atoms with van der Waals surface area (Å²) < 4.78 is 0. The molecule has 1 aliphatic carbocycles. The molecule has 0 heterocycles. The Kier molecular flexibility index (Phi) is 5.71. The summed E-state index contributed by atoms with van der Waals surface area (Å²) in [6.45, 7) is 4.44. The van der Waals surface area contributed by atoms with Gasteiger partial charge in [0.25, 0.3) is 0 Å². The van der Waals surface area contributed by atoms with Crippen molar-refractivity contribution in [3.05, 3.63) is 71.3 Å². The minimum Gasteiger partial charge on any atom is -0.398 e. The van der Waals surface area contributed by atoms with Crippen LogP contribution in [0.2, 0.25) is 0 Å². The lowest BCUT2D eigenvalue weighted by Crippen LogP contribution is -2.40. The molecular weight excluding hydrogens is 292 g/mol. The van der Waals surface area contributed by atoms with Crippen molar-refractivity contribution < 1.29 is 0 Å². The van der Waals surface area contributed by atoms with Gasteiger partial charge in [-0.05, 0) is 55.0 Å². The van der Waals surface area contributed by atoms with Crippen molar-refractivity contribution >= 4 is 11.8 Å². The molecule has 1 atom stereocenters. The van der Waals surface area contributed by atoms with E-state index in [1.165, 1.54) is 29.5 Å². The average Bonchev–Trinajstić information content (AvgIpc) is 2.62. The van der Waals surface area contributed by atoms with Gasteiger partial charge in [0, 0.05) is 18.3 Å². The number of anilines is 1. The molecule has 2 heteroatoms. The van der Waals surface area contributed by atoms with E-state index < -0.39 is 0 Å². The van der Waals surface area contributed by atoms with Crippen molar-refractivity contribution in [1.82, 2.24) is 4.90 Å². The number of rotatable bonds is 6. The molecule has 3 rings (SSSR count). The zero-order valence-electron chi connectivity index (χ0n) is 14.6. The van der Waals surface area contributed by atoms with Gasteiger partial charge in [0.15, 0.2) is 0 Å². The first-order valence-electron chi connectivity index (χ1n) is 9.09. The van der Waals surface area contributed by atoms with Gasteiger partial charge >= 0.3 is 0 Å². The van der Waals surface area contributed by atoms with E-state index >= 15 is 0 Å². The van der Waals surface area contributed by atoms with Crippen LogP contribution in [-0.2, 0) is 12.8 Å². The van der Waals surface area contributed by atoms with Gasteiger partial charge in [-0.25, -0.2) is 0 Å². The van der Waals surface area contributed by atoms with E-state index in [2.05, 4.69) is 66.4 Å². The Labute approximate surface area is 146 Å². The summed E-state index contributed by atoms with van der Waals surface area (Å²) in [5.41, 5.74) is 11.2. The second kappa shape index (κ2) is 8.16. The Morgan fingerprint density at radius 3 is 2.75 bits per heavy atom. The first-order valence-corrected chi connectivity index (χ1v) is 9.09. The summed E-state index contributed by atoms with van der Waals surface area (Å²) in [7, 11) is 0. The molecule has 24 heavy (non-hydrogen) atoms. The lowest BCUT2D eigenvalue weighted by atomic mass is 9.86. The normalized spacial score (nSPS) is 17.3. The summed E-state index contributed by atoms with van der Waals surface area (Å²) in [5.74, 6) is 0. The first-order chi connectivity index (χ1) is 11.8. The summed E-state index contributed by atoms with van der Waals surface area (Å²) >= 11 is 0. The molecule has 0 spiro atoms. The number of nitrogens with two attached hydrogens (primary N) is 1. The molecule has 0 aromatic heterocycles. The molecule has 0 amide bonds. The molecule has 0 saturated carbocycles. The van der Waals surface area contributed by atoms with Crippen molar-refractivity contribution in [1.29, 1.82) is 0 Å². The Bertz CT molecular complexity index is 676. The third-order valence-corrected chi connectivity index (χ3v) is 4.97. The Morgan fingerprint density at radius 1 is 1.12 bits per heavy atom. The largest absolute Gasteiger partial charge is 0.398 e.